The van der Waals surface area contributed by atoms with Crippen LogP contribution in [0.25, 0.3) is 0 Å². The van der Waals surface area contributed by atoms with Crippen molar-refractivity contribution in [2.24, 2.45) is 0 Å². The first-order valence-electron chi connectivity index (χ1n) is 4.00. The summed E-state index contributed by atoms with van der Waals surface area (Å²) in [7, 11) is 2.42. The molecule has 0 amide bonds. The van der Waals surface area contributed by atoms with Gasteiger partial charge >= 0.3 is 5.97 Å². The Labute approximate surface area is 85.8 Å². The van der Waals surface area contributed by atoms with Crippen molar-refractivity contribution in [2.75, 3.05) is 14.2 Å². The van der Waals surface area contributed by atoms with Crippen molar-refractivity contribution < 1.29 is 18.7 Å². The fourth-order valence-corrected chi connectivity index (χ4v) is 1.11. The predicted molar refractivity (Wildman–Crippen MR) is 49.0 cm³/mol. The first-order chi connectivity index (χ1) is 7.13. The molecule has 0 aliphatic carbocycles. The van der Waals surface area contributed by atoms with Gasteiger partial charge in [0.2, 0.25) is 0 Å². The number of methoxy groups -OCH3 is 2. The van der Waals surface area contributed by atoms with Crippen LogP contribution in [0.5, 0.6) is 5.75 Å². The highest BCUT2D eigenvalue weighted by atomic mass is 19.1. The molecule has 0 heterocycles. The number of rotatable bonds is 2. The fraction of sp³-hybridized carbons (Fsp3) is 0.200. The van der Waals surface area contributed by atoms with Crippen molar-refractivity contribution in [1.82, 2.24) is 0 Å². The molecule has 0 N–H and O–H groups in total. The van der Waals surface area contributed by atoms with E-state index in [-0.39, 0.29) is 16.9 Å². The van der Waals surface area contributed by atoms with Crippen LogP contribution in [0, 0.1) is 17.1 Å². The maximum Gasteiger partial charge on any atom is 0.344 e. The van der Waals surface area contributed by atoms with E-state index in [4.69, 9.17) is 10.00 Å². The topological polar surface area (TPSA) is 59.3 Å². The van der Waals surface area contributed by atoms with E-state index < -0.39 is 11.8 Å². The van der Waals surface area contributed by atoms with Crippen LogP contribution in [0.2, 0.25) is 0 Å². The molecular formula is C10H8FNO3. The molecule has 15 heavy (non-hydrogen) atoms. The second-order valence-corrected chi connectivity index (χ2v) is 2.64. The van der Waals surface area contributed by atoms with Crippen molar-refractivity contribution in [3.8, 4) is 11.8 Å². The Morgan fingerprint density at radius 3 is 2.60 bits per heavy atom. The van der Waals surface area contributed by atoms with Gasteiger partial charge in [-0.05, 0) is 12.1 Å². The predicted octanol–water partition coefficient (Wildman–Crippen LogP) is 1.49. The van der Waals surface area contributed by atoms with Gasteiger partial charge in [-0.3, -0.25) is 0 Å². The minimum atomic E-state index is -0.839. The smallest absolute Gasteiger partial charge is 0.344 e. The zero-order valence-electron chi connectivity index (χ0n) is 8.20. The lowest BCUT2D eigenvalue weighted by molar-refractivity contribution is 0.0591. The normalized spacial score (nSPS) is 9.20. The monoisotopic (exact) mass is 209 g/mol. The first-order valence-corrected chi connectivity index (χ1v) is 4.00. The molecule has 0 saturated heterocycles. The summed E-state index contributed by atoms with van der Waals surface area (Å²) < 4.78 is 22.6. The average Bonchev–Trinajstić information content (AvgIpc) is 2.26. The second-order valence-electron chi connectivity index (χ2n) is 2.64. The average molecular weight is 209 g/mol. The molecule has 1 aromatic rings. The highest BCUT2D eigenvalue weighted by Gasteiger charge is 2.19. The summed E-state index contributed by atoms with van der Waals surface area (Å²) in [6, 6.07) is 3.98. The first kappa shape index (κ1) is 11.0. The molecular weight excluding hydrogens is 201 g/mol. The zero-order chi connectivity index (χ0) is 11.4. The number of esters is 1. The van der Waals surface area contributed by atoms with Crippen LogP contribution >= 0.6 is 0 Å². The molecule has 0 spiro atoms. The van der Waals surface area contributed by atoms with Gasteiger partial charge in [0.05, 0.1) is 25.9 Å². The Kier molecular flexibility index (Phi) is 3.24. The summed E-state index contributed by atoms with van der Waals surface area (Å²) >= 11 is 0. The molecule has 0 aliphatic heterocycles. The number of nitrogens with zero attached hydrogens (tertiary/aromatic N) is 1. The van der Waals surface area contributed by atoms with Crippen LogP contribution in [0.15, 0.2) is 12.1 Å². The standard InChI is InChI=1S/C10H8FNO3/c1-14-8-4-6(5-12)3-7(11)9(8)10(13)15-2/h3-4H,1-2H3. The van der Waals surface area contributed by atoms with E-state index in [1.807, 2.05) is 0 Å². The van der Waals surface area contributed by atoms with Gasteiger partial charge in [-0.1, -0.05) is 0 Å². The van der Waals surface area contributed by atoms with Gasteiger partial charge in [0.15, 0.2) is 0 Å². The number of halogens is 1. The van der Waals surface area contributed by atoms with Gasteiger partial charge < -0.3 is 9.47 Å². The molecule has 0 aliphatic rings. The number of benzene rings is 1. The molecule has 5 heteroatoms. The van der Waals surface area contributed by atoms with Gasteiger partial charge in [0.25, 0.3) is 0 Å². The minimum absolute atomic E-state index is 0.0154. The van der Waals surface area contributed by atoms with Gasteiger partial charge in [0, 0.05) is 0 Å². The molecule has 78 valence electrons. The summed E-state index contributed by atoms with van der Waals surface area (Å²) in [6.07, 6.45) is 0. The van der Waals surface area contributed by atoms with E-state index in [1.54, 1.807) is 6.07 Å². The third kappa shape index (κ3) is 2.05. The van der Waals surface area contributed by atoms with E-state index >= 15 is 0 Å². The molecule has 1 aromatic carbocycles. The summed E-state index contributed by atoms with van der Waals surface area (Å²) in [5, 5.41) is 8.58. The SMILES string of the molecule is COC(=O)c1c(F)cc(C#N)cc1OC. The molecule has 0 fully saturated rings. The lowest BCUT2D eigenvalue weighted by Crippen LogP contribution is -2.07. The Balaban J connectivity index is 3.39. The fourth-order valence-electron chi connectivity index (χ4n) is 1.11. The number of hydrogen-bond donors (Lipinski definition) is 0. The second kappa shape index (κ2) is 4.42. The van der Waals surface area contributed by atoms with Crippen molar-refractivity contribution in [1.29, 1.82) is 5.26 Å². The molecule has 0 saturated carbocycles. The van der Waals surface area contributed by atoms with Crippen LogP contribution in [-0.2, 0) is 4.74 Å². The van der Waals surface area contributed by atoms with E-state index in [0.29, 0.717) is 0 Å². The van der Waals surface area contributed by atoms with Crippen molar-refractivity contribution in [3.63, 3.8) is 0 Å². The minimum Gasteiger partial charge on any atom is -0.496 e. The highest BCUT2D eigenvalue weighted by Crippen LogP contribution is 2.24. The highest BCUT2D eigenvalue weighted by molar-refractivity contribution is 5.93. The van der Waals surface area contributed by atoms with E-state index in [0.717, 1.165) is 13.2 Å². The summed E-state index contributed by atoms with van der Waals surface area (Å²) in [6.45, 7) is 0. The van der Waals surface area contributed by atoms with Crippen molar-refractivity contribution in [2.45, 2.75) is 0 Å². The zero-order valence-corrected chi connectivity index (χ0v) is 8.20. The van der Waals surface area contributed by atoms with Crippen molar-refractivity contribution in [3.05, 3.63) is 29.1 Å². The lowest BCUT2D eigenvalue weighted by atomic mass is 10.1. The number of carbonyl (C=O) groups excluding carboxylic acids is 1. The van der Waals surface area contributed by atoms with Crippen LogP contribution in [0.1, 0.15) is 15.9 Å². The number of carbonyl (C=O) groups is 1. The summed E-state index contributed by atoms with van der Waals surface area (Å²) in [5.41, 5.74) is -0.226. The van der Waals surface area contributed by atoms with Gasteiger partial charge in [-0.15, -0.1) is 0 Å². The lowest BCUT2D eigenvalue weighted by Gasteiger charge is -2.07. The largest absolute Gasteiger partial charge is 0.496 e. The molecule has 0 unspecified atom stereocenters. The number of ether oxygens (including phenoxy) is 2. The van der Waals surface area contributed by atoms with E-state index in [1.165, 1.54) is 13.2 Å². The molecule has 4 nitrogen and oxygen atoms in total. The van der Waals surface area contributed by atoms with Gasteiger partial charge in [0.1, 0.15) is 17.1 Å². The third-order valence-electron chi connectivity index (χ3n) is 1.79. The molecule has 0 bridgehead atoms. The van der Waals surface area contributed by atoms with Gasteiger partial charge in [-0.2, -0.15) is 5.26 Å². The number of nitriles is 1. The van der Waals surface area contributed by atoms with E-state index in [2.05, 4.69) is 4.74 Å². The van der Waals surface area contributed by atoms with Crippen LogP contribution in [0.4, 0.5) is 4.39 Å². The van der Waals surface area contributed by atoms with Crippen LogP contribution in [0.3, 0.4) is 0 Å². The molecule has 0 radical (unpaired) electrons. The maximum atomic E-state index is 13.4. The summed E-state index contributed by atoms with van der Waals surface area (Å²) in [5.74, 6) is -1.69. The Morgan fingerprint density at radius 1 is 1.47 bits per heavy atom. The third-order valence-corrected chi connectivity index (χ3v) is 1.79. The quantitative estimate of drug-likeness (QED) is 0.692. The van der Waals surface area contributed by atoms with Crippen molar-refractivity contribution >= 4 is 5.97 Å². The number of hydrogen-bond acceptors (Lipinski definition) is 4. The maximum absolute atomic E-state index is 13.4. The Hall–Kier alpha value is -2.09. The van der Waals surface area contributed by atoms with Crippen LogP contribution in [-0.4, -0.2) is 20.2 Å². The van der Waals surface area contributed by atoms with E-state index in [9.17, 15) is 9.18 Å². The molecule has 0 aromatic heterocycles. The summed E-state index contributed by atoms with van der Waals surface area (Å²) in [4.78, 5) is 11.2. The van der Waals surface area contributed by atoms with Gasteiger partial charge in [-0.25, -0.2) is 9.18 Å². The Bertz CT molecular complexity index is 437. The van der Waals surface area contributed by atoms with Crippen LogP contribution < -0.4 is 4.74 Å². The molecule has 1 rings (SSSR count). The Morgan fingerprint density at radius 2 is 2.13 bits per heavy atom. The molecule has 0 atom stereocenters.